The van der Waals surface area contributed by atoms with Crippen molar-refractivity contribution in [3.8, 4) is 6.07 Å². The fourth-order valence-corrected chi connectivity index (χ4v) is 3.47. The van der Waals surface area contributed by atoms with Gasteiger partial charge in [-0.2, -0.15) is 5.26 Å². The van der Waals surface area contributed by atoms with Crippen LogP contribution in [0.3, 0.4) is 0 Å². The highest BCUT2D eigenvalue weighted by atomic mass is 35.5. The molecule has 0 saturated heterocycles. The van der Waals surface area contributed by atoms with Crippen molar-refractivity contribution in [2.75, 3.05) is 23.7 Å². The van der Waals surface area contributed by atoms with Gasteiger partial charge in [-0.25, -0.2) is 4.98 Å². The Morgan fingerprint density at radius 2 is 2.04 bits per heavy atom. The van der Waals surface area contributed by atoms with Gasteiger partial charge >= 0.3 is 0 Å². The van der Waals surface area contributed by atoms with Crippen molar-refractivity contribution in [1.82, 2.24) is 14.9 Å². The zero-order chi connectivity index (χ0) is 19.8. The molecular formula is C19H15ClN6O2. The van der Waals surface area contributed by atoms with E-state index in [1.165, 1.54) is 10.8 Å². The van der Waals surface area contributed by atoms with Crippen LogP contribution in [0.15, 0.2) is 35.3 Å². The van der Waals surface area contributed by atoms with E-state index in [2.05, 4.69) is 20.9 Å². The molecule has 0 radical (unpaired) electrons. The zero-order valence-electron chi connectivity index (χ0n) is 14.8. The second kappa shape index (κ2) is 6.87. The Morgan fingerprint density at radius 3 is 2.82 bits per heavy atom. The van der Waals surface area contributed by atoms with E-state index in [0.717, 1.165) is 5.39 Å². The number of carbonyl (C=O) groups is 1. The number of halogens is 1. The summed E-state index contributed by atoms with van der Waals surface area (Å²) >= 11 is 5.99. The van der Waals surface area contributed by atoms with Crippen LogP contribution < -0.4 is 21.5 Å². The van der Waals surface area contributed by atoms with Crippen LogP contribution in [0.4, 0.5) is 17.1 Å². The van der Waals surface area contributed by atoms with Gasteiger partial charge < -0.3 is 20.5 Å². The minimum absolute atomic E-state index is 0.0920. The molecule has 0 saturated carbocycles. The third-order valence-corrected chi connectivity index (χ3v) is 4.92. The maximum Gasteiger partial charge on any atom is 0.265 e. The van der Waals surface area contributed by atoms with Crippen LogP contribution in [0.1, 0.15) is 15.9 Å². The molecule has 0 spiro atoms. The number of anilines is 3. The first-order valence-electron chi connectivity index (χ1n) is 8.51. The van der Waals surface area contributed by atoms with E-state index in [-0.39, 0.29) is 21.8 Å². The van der Waals surface area contributed by atoms with Crippen LogP contribution in [-0.4, -0.2) is 28.5 Å². The second-order valence-corrected chi connectivity index (χ2v) is 6.65. The molecule has 0 bridgehead atoms. The SMILES string of the molecule is Cn1c(=O)c2c(c3cc(Nc4ccnc(Cl)c4C#N)ccc31)NCCNC2=O. The lowest BCUT2D eigenvalue weighted by atomic mass is 10.1. The number of nitrogens with zero attached hydrogens (tertiary/aromatic N) is 3. The van der Waals surface area contributed by atoms with Gasteiger partial charge in [-0.1, -0.05) is 11.6 Å². The summed E-state index contributed by atoms with van der Waals surface area (Å²) in [5, 5.41) is 19.2. The quantitative estimate of drug-likeness (QED) is 0.575. The lowest BCUT2D eigenvalue weighted by Crippen LogP contribution is -2.31. The van der Waals surface area contributed by atoms with Gasteiger partial charge in [0.1, 0.15) is 22.3 Å². The number of nitrogens with one attached hydrogen (secondary N) is 3. The Labute approximate surface area is 164 Å². The van der Waals surface area contributed by atoms with E-state index in [1.807, 2.05) is 12.1 Å². The van der Waals surface area contributed by atoms with Gasteiger partial charge in [-0.15, -0.1) is 0 Å². The minimum atomic E-state index is -0.395. The first-order valence-corrected chi connectivity index (χ1v) is 8.89. The predicted molar refractivity (Wildman–Crippen MR) is 107 cm³/mol. The fraction of sp³-hybridized carbons (Fsp3) is 0.158. The predicted octanol–water partition coefficient (Wildman–Crippen LogP) is 2.36. The Morgan fingerprint density at radius 1 is 1.25 bits per heavy atom. The van der Waals surface area contributed by atoms with Crippen LogP contribution in [0, 0.1) is 11.3 Å². The largest absolute Gasteiger partial charge is 0.382 e. The maximum atomic E-state index is 12.7. The molecule has 0 atom stereocenters. The first kappa shape index (κ1) is 17.8. The van der Waals surface area contributed by atoms with Gasteiger partial charge in [-0.3, -0.25) is 9.59 Å². The minimum Gasteiger partial charge on any atom is -0.382 e. The molecule has 1 aromatic carbocycles. The van der Waals surface area contributed by atoms with Crippen LogP contribution in [0.2, 0.25) is 5.15 Å². The van der Waals surface area contributed by atoms with Gasteiger partial charge in [0.05, 0.1) is 16.9 Å². The average molecular weight is 395 g/mol. The van der Waals surface area contributed by atoms with Gasteiger partial charge in [-0.05, 0) is 24.3 Å². The summed E-state index contributed by atoms with van der Waals surface area (Å²) in [5.74, 6) is -0.395. The Bertz CT molecular complexity index is 1230. The number of hydrogen-bond donors (Lipinski definition) is 3. The number of aryl methyl sites for hydroxylation is 1. The van der Waals surface area contributed by atoms with Crippen LogP contribution in [-0.2, 0) is 7.05 Å². The van der Waals surface area contributed by atoms with E-state index < -0.39 is 5.91 Å². The summed E-state index contributed by atoms with van der Waals surface area (Å²) in [7, 11) is 1.63. The lowest BCUT2D eigenvalue weighted by Gasteiger charge is -2.15. The number of nitriles is 1. The number of hydrogen-bond acceptors (Lipinski definition) is 6. The summed E-state index contributed by atoms with van der Waals surface area (Å²) in [5.41, 5.74) is 2.36. The van der Waals surface area contributed by atoms with Gasteiger partial charge in [0, 0.05) is 37.4 Å². The van der Waals surface area contributed by atoms with Crippen LogP contribution >= 0.6 is 11.6 Å². The third-order valence-electron chi connectivity index (χ3n) is 4.63. The molecule has 0 fully saturated rings. The molecular weight excluding hydrogens is 380 g/mol. The molecule has 4 rings (SSSR count). The molecule has 0 aliphatic carbocycles. The third kappa shape index (κ3) is 2.82. The van der Waals surface area contributed by atoms with Gasteiger partial charge in [0.2, 0.25) is 0 Å². The molecule has 1 amide bonds. The van der Waals surface area contributed by atoms with Crippen molar-refractivity contribution in [3.63, 3.8) is 0 Å². The van der Waals surface area contributed by atoms with E-state index in [1.54, 1.807) is 25.2 Å². The topological polar surface area (TPSA) is 112 Å². The van der Waals surface area contributed by atoms with E-state index >= 15 is 0 Å². The molecule has 28 heavy (non-hydrogen) atoms. The smallest absolute Gasteiger partial charge is 0.265 e. The Kier molecular flexibility index (Phi) is 4.37. The van der Waals surface area contributed by atoms with E-state index in [0.29, 0.717) is 35.7 Å². The van der Waals surface area contributed by atoms with Crippen molar-refractivity contribution >= 4 is 45.5 Å². The monoisotopic (exact) mass is 394 g/mol. The summed E-state index contributed by atoms with van der Waals surface area (Å²) in [6, 6.07) is 9.10. The maximum absolute atomic E-state index is 12.7. The van der Waals surface area contributed by atoms with Crippen molar-refractivity contribution in [2.45, 2.75) is 0 Å². The van der Waals surface area contributed by atoms with Crippen LogP contribution in [0.25, 0.3) is 10.9 Å². The van der Waals surface area contributed by atoms with Crippen molar-refractivity contribution in [3.05, 3.63) is 57.1 Å². The molecule has 3 N–H and O–H groups in total. The summed E-state index contributed by atoms with van der Waals surface area (Å²) < 4.78 is 1.45. The highest BCUT2D eigenvalue weighted by molar-refractivity contribution is 6.31. The second-order valence-electron chi connectivity index (χ2n) is 6.29. The molecule has 2 aromatic heterocycles. The van der Waals surface area contributed by atoms with Gasteiger partial charge in [0.15, 0.2) is 0 Å². The molecule has 0 unspecified atom stereocenters. The summed E-state index contributed by atoms with van der Waals surface area (Å²) in [4.78, 5) is 29.0. The molecule has 1 aliphatic rings. The average Bonchev–Trinajstić information content (AvgIpc) is 2.88. The molecule has 140 valence electrons. The Hall–Kier alpha value is -3.57. The molecule has 1 aliphatic heterocycles. The number of rotatable bonds is 2. The number of aromatic nitrogens is 2. The highest BCUT2D eigenvalue weighted by Gasteiger charge is 2.23. The molecule has 8 nitrogen and oxygen atoms in total. The van der Waals surface area contributed by atoms with Crippen LogP contribution in [0.5, 0.6) is 0 Å². The number of benzene rings is 1. The number of carbonyl (C=O) groups excluding carboxylic acids is 1. The molecule has 3 heterocycles. The highest BCUT2D eigenvalue weighted by Crippen LogP contribution is 2.31. The number of pyridine rings is 2. The molecule has 9 heteroatoms. The normalized spacial score (nSPS) is 13.1. The number of amides is 1. The fourth-order valence-electron chi connectivity index (χ4n) is 3.27. The first-order chi connectivity index (χ1) is 13.5. The van der Waals surface area contributed by atoms with Crippen molar-refractivity contribution in [2.24, 2.45) is 7.05 Å². The molecule has 3 aromatic rings. The van der Waals surface area contributed by atoms with Crippen molar-refractivity contribution in [1.29, 1.82) is 5.26 Å². The zero-order valence-corrected chi connectivity index (χ0v) is 15.6. The Balaban J connectivity index is 1.90. The summed E-state index contributed by atoms with van der Waals surface area (Å²) in [6.45, 7) is 0.939. The standard InChI is InChI=1S/C19H15ClN6O2/c1-26-14-3-2-10(25-13-4-5-23-17(20)12(13)9-21)8-11(14)16-15(19(26)28)18(27)24-7-6-22-16/h2-5,8,22H,6-7H2,1H3,(H,23,25)(H,24,27). The van der Waals surface area contributed by atoms with Crippen molar-refractivity contribution < 1.29 is 4.79 Å². The van der Waals surface area contributed by atoms with Gasteiger partial charge in [0.25, 0.3) is 11.5 Å². The van der Waals surface area contributed by atoms with E-state index in [4.69, 9.17) is 11.6 Å². The summed E-state index contributed by atoms with van der Waals surface area (Å²) in [6.07, 6.45) is 1.51. The lowest BCUT2D eigenvalue weighted by molar-refractivity contribution is 0.0956. The van der Waals surface area contributed by atoms with E-state index in [9.17, 15) is 14.9 Å². The number of fused-ring (bicyclic) bond motifs is 3.